The number of esters is 2. The molecule has 0 N–H and O–H groups in total. The highest BCUT2D eigenvalue weighted by atomic mass is 16.6. The van der Waals surface area contributed by atoms with E-state index in [1.807, 2.05) is 22.2 Å². The monoisotopic (exact) mass is 946 g/mol. The number of carbonyl (C=O) groups is 4. The molecule has 0 fully saturated rings. The Hall–Kier alpha value is -5.64. The molecular formula is C48H66N8O12. The fourth-order valence-corrected chi connectivity index (χ4v) is 9.39. The van der Waals surface area contributed by atoms with Gasteiger partial charge < -0.3 is 47.7 Å². The van der Waals surface area contributed by atoms with Crippen LogP contribution in [-0.4, -0.2) is 146 Å². The third kappa shape index (κ3) is 12.3. The Morgan fingerprint density at radius 2 is 0.868 bits per heavy atom. The van der Waals surface area contributed by atoms with E-state index in [2.05, 4.69) is 48.3 Å². The highest BCUT2D eigenvalue weighted by Crippen LogP contribution is 2.45. The summed E-state index contributed by atoms with van der Waals surface area (Å²) in [6.07, 6.45) is 5.19. The molecule has 0 saturated carbocycles. The summed E-state index contributed by atoms with van der Waals surface area (Å²) in [4.78, 5) is 54.0. The van der Waals surface area contributed by atoms with Gasteiger partial charge in [-0.1, -0.05) is 38.1 Å². The average Bonchev–Trinajstić information content (AvgIpc) is 4.01. The van der Waals surface area contributed by atoms with Crippen molar-refractivity contribution in [3.05, 3.63) is 82.4 Å². The summed E-state index contributed by atoms with van der Waals surface area (Å²) in [5, 5.41) is 17.6. The summed E-state index contributed by atoms with van der Waals surface area (Å²) < 4.78 is 47.6. The quantitative estimate of drug-likeness (QED) is 0.0633. The molecule has 0 saturated heterocycles. The van der Waals surface area contributed by atoms with Crippen LogP contribution >= 0.6 is 0 Å². The minimum Gasteiger partial charge on any atom is -0.465 e. The highest BCUT2D eigenvalue weighted by Gasteiger charge is 2.43. The van der Waals surface area contributed by atoms with Gasteiger partial charge in [0.15, 0.2) is 0 Å². The number of ether oxygens (including phenoxy) is 8. The van der Waals surface area contributed by atoms with Gasteiger partial charge >= 0.3 is 11.9 Å². The summed E-state index contributed by atoms with van der Waals surface area (Å²) in [5.41, 5.74) is 5.20. The molecule has 2 aromatic heterocycles. The van der Waals surface area contributed by atoms with Crippen LogP contribution in [0.1, 0.15) is 110 Å². The zero-order valence-corrected chi connectivity index (χ0v) is 40.5. The van der Waals surface area contributed by atoms with Crippen molar-refractivity contribution in [2.24, 2.45) is 11.8 Å². The molecule has 2 unspecified atom stereocenters. The van der Waals surface area contributed by atoms with Gasteiger partial charge in [0.05, 0.1) is 129 Å². The number of nitrogens with zero attached hydrogens (tertiary/aromatic N) is 8. The Labute approximate surface area is 397 Å². The molecule has 2 amide bonds. The first-order valence-corrected chi connectivity index (χ1v) is 23.3. The first kappa shape index (κ1) is 51.7. The Bertz CT molecular complexity index is 2140. The van der Waals surface area contributed by atoms with E-state index in [-0.39, 0.29) is 61.0 Å². The topological polar surface area (TPSA) is 210 Å². The second-order valence-corrected chi connectivity index (χ2v) is 16.8. The van der Waals surface area contributed by atoms with Gasteiger partial charge in [0, 0.05) is 60.3 Å². The van der Waals surface area contributed by atoms with E-state index in [0.29, 0.717) is 88.6 Å². The van der Waals surface area contributed by atoms with E-state index in [0.717, 1.165) is 35.3 Å². The Morgan fingerprint density at radius 1 is 0.529 bits per heavy atom. The van der Waals surface area contributed by atoms with Crippen LogP contribution in [0.4, 0.5) is 11.4 Å². The van der Waals surface area contributed by atoms with E-state index < -0.39 is 11.9 Å². The standard InChI is InChI=1S/C48H66N8O12/c1-9-41-31(3)45(39-25-35(47(59)61-7)11-13-43(39)55(41)33(5)57)53-27-37(49-51-53)29-67-23-21-65-19-17-63-15-16-64-18-20-66-22-24-68-30-38-28-54(52-50-38)46-32(4)42(10-2)56(34(6)58)44-14-12-36(26-40(44)46)48(60)62-8/h11-14,25-28,31-32,41-42,45-46H,9-10,15-24,29-30H2,1-8H3/t31-,32-,41+,42?,45?,46+/m1/s1. The van der Waals surface area contributed by atoms with Crippen LogP contribution < -0.4 is 9.80 Å². The van der Waals surface area contributed by atoms with Crippen molar-refractivity contribution in [3.8, 4) is 0 Å². The first-order chi connectivity index (χ1) is 32.9. The van der Waals surface area contributed by atoms with Crippen molar-refractivity contribution >= 4 is 35.1 Å². The van der Waals surface area contributed by atoms with Crippen molar-refractivity contribution < 1.29 is 57.1 Å². The fourth-order valence-electron chi connectivity index (χ4n) is 9.39. The van der Waals surface area contributed by atoms with Crippen LogP contribution in [0.15, 0.2) is 48.8 Å². The number of hydrogen-bond donors (Lipinski definition) is 0. The van der Waals surface area contributed by atoms with Crippen molar-refractivity contribution in [3.63, 3.8) is 0 Å². The molecule has 2 aliphatic heterocycles. The second-order valence-electron chi connectivity index (χ2n) is 16.8. The van der Waals surface area contributed by atoms with E-state index in [4.69, 9.17) is 37.9 Å². The number of amides is 2. The van der Waals surface area contributed by atoms with E-state index in [9.17, 15) is 19.2 Å². The lowest BCUT2D eigenvalue weighted by atomic mass is 9.80. The zero-order chi connectivity index (χ0) is 48.7. The number of anilines is 2. The summed E-state index contributed by atoms with van der Waals surface area (Å²) in [6, 6.07) is 9.88. The first-order valence-electron chi connectivity index (χ1n) is 23.3. The van der Waals surface area contributed by atoms with Gasteiger partial charge in [-0.25, -0.2) is 19.0 Å². The molecular weight excluding hydrogens is 881 g/mol. The van der Waals surface area contributed by atoms with E-state index >= 15 is 0 Å². The summed E-state index contributed by atoms with van der Waals surface area (Å²) in [5.74, 6) is -1.07. The number of rotatable bonds is 25. The van der Waals surface area contributed by atoms with Crippen LogP contribution in [0.2, 0.25) is 0 Å². The molecule has 6 rings (SSSR count). The number of aromatic nitrogens is 6. The fraction of sp³-hybridized carbons (Fsp3) is 0.583. The minimum absolute atomic E-state index is 0.0213. The summed E-state index contributed by atoms with van der Waals surface area (Å²) in [7, 11) is 2.69. The molecule has 6 atom stereocenters. The molecule has 20 nitrogen and oxygen atoms in total. The normalized spacial score (nSPS) is 19.9. The van der Waals surface area contributed by atoms with Crippen LogP contribution in [0.25, 0.3) is 0 Å². The zero-order valence-electron chi connectivity index (χ0n) is 40.5. The van der Waals surface area contributed by atoms with Crippen LogP contribution in [0.5, 0.6) is 0 Å². The Morgan fingerprint density at radius 3 is 1.18 bits per heavy atom. The minimum atomic E-state index is -0.452. The van der Waals surface area contributed by atoms with Crippen LogP contribution in [-0.2, 0) is 60.7 Å². The largest absolute Gasteiger partial charge is 0.465 e. The van der Waals surface area contributed by atoms with Crippen LogP contribution in [0.3, 0.4) is 0 Å². The molecule has 20 heteroatoms. The molecule has 2 aromatic carbocycles. The number of fused-ring (bicyclic) bond motifs is 2. The van der Waals surface area contributed by atoms with Crippen molar-refractivity contribution in [1.29, 1.82) is 0 Å². The Kier molecular flexibility index (Phi) is 19.1. The van der Waals surface area contributed by atoms with Gasteiger partial charge in [0.1, 0.15) is 11.4 Å². The van der Waals surface area contributed by atoms with Crippen molar-refractivity contribution in [1.82, 2.24) is 30.0 Å². The van der Waals surface area contributed by atoms with Gasteiger partial charge in [-0.3, -0.25) is 9.59 Å². The highest BCUT2D eigenvalue weighted by molar-refractivity contribution is 5.97. The predicted molar refractivity (Wildman–Crippen MR) is 247 cm³/mol. The van der Waals surface area contributed by atoms with Crippen molar-refractivity contribution in [2.45, 2.75) is 91.8 Å². The Balaban J connectivity index is 0.811. The maximum Gasteiger partial charge on any atom is 0.337 e. The van der Waals surface area contributed by atoms with E-state index in [1.165, 1.54) is 14.2 Å². The molecule has 370 valence electrons. The smallest absolute Gasteiger partial charge is 0.337 e. The van der Waals surface area contributed by atoms with Gasteiger partial charge in [0.25, 0.3) is 0 Å². The molecule has 0 spiro atoms. The predicted octanol–water partition coefficient (Wildman–Crippen LogP) is 4.98. The molecule has 0 radical (unpaired) electrons. The number of hydrogen-bond acceptors (Lipinski definition) is 16. The summed E-state index contributed by atoms with van der Waals surface area (Å²) in [6.45, 7) is 15.9. The maximum atomic E-state index is 12.8. The maximum absolute atomic E-state index is 12.8. The third-order valence-corrected chi connectivity index (χ3v) is 12.5. The molecule has 0 aliphatic carbocycles. The molecule has 68 heavy (non-hydrogen) atoms. The average molecular weight is 947 g/mol. The third-order valence-electron chi connectivity index (χ3n) is 12.5. The van der Waals surface area contributed by atoms with E-state index in [1.54, 1.807) is 59.6 Å². The number of methoxy groups -OCH3 is 2. The van der Waals surface area contributed by atoms with Gasteiger partial charge in [-0.05, 0) is 49.2 Å². The summed E-state index contributed by atoms with van der Waals surface area (Å²) >= 11 is 0. The lowest BCUT2D eigenvalue weighted by molar-refractivity contribution is -0.118. The van der Waals surface area contributed by atoms with Gasteiger partial charge in [-0.15, -0.1) is 10.2 Å². The van der Waals surface area contributed by atoms with Crippen molar-refractivity contribution in [2.75, 3.05) is 90.1 Å². The lowest BCUT2D eigenvalue weighted by Gasteiger charge is -2.44. The lowest BCUT2D eigenvalue weighted by Crippen LogP contribution is -2.49. The number of carbonyl (C=O) groups excluding carboxylic acids is 4. The molecule has 0 bridgehead atoms. The molecule has 4 aromatic rings. The van der Waals surface area contributed by atoms with Gasteiger partial charge in [-0.2, -0.15) is 0 Å². The number of benzene rings is 2. The second kappa shape index (κ2) is 25.1. The SMILES string of the molecule is CCC1[C@@H](C)[C@H](n2cc(COCCOCCOCCOCCOCCOCc3cn(C4c5cc(C(=O)OC)ccc5N(C(C)=O)[C@@H](CC)[C@H]4C)nn3)nn2)c2cc(C(=O)OC)ccc2N1C(C)=O. The molecule has 2 aliphatic rings. The molecule has 4 heterocycles. The van der Waals surface area contributed by atoms with Gasteiger partial charge in [0.2, 0.25) is 11.8 Å². The van der Waals surface area contributed by atoms with Crippen LogP contribution in [0, 0.1) is 11.8 Å².